The van der Waals surface area contributed by atoms with Gasteiger partial charge in [0.15, 0.2) is 0 Å². The molecule has 0 aromatic carbocycles. The maximum Gasteiger partial charge on any atom is 2.00 e. The average Bonchev–Trinajstić information content (AvgIpc) is 2.37. The third-order valence-corrected chi connectivity index (χ3v) is 3.51. The van der Waals surface area contributed by atoms with Crippen LogP contribution in [-0.4, -0.2) is 9.97 Å². The molecule has 114 valence electrons. The predicted octanol–water partition coefficient (Wildman–Crippen LogP) is 4.74. The molecule has 0 aliphatic rings. The first kappa shape index (κ1) is 17.8. The molecule has 0 aliphatic carbocycles. The van der Waals surface area contributed by atoms with Gasteiger partial charge in [-0.05, 0) is 46.2 Å². The summed E-state index contributed by atoms with van der Waals surface area (Å²) < 4.78 is 0. The summed E-state index contributed by atoms with van der Waals surface area (Å²) in [5.41, 5.74) is 4.71. The van der Waals surface area contributed by atoms with E-state index in [1.165, 1.54) is 11.1 Å². The minimum Gasteiger partial charge on any atom is -0.255 e. The van der Waals surface area contributed by atoms with E-state index in [0.717, 1.165) is 11.4 Å². The molecule has 2 nitrogen and oxygen atoms in total. The van der Waals surface area contributed by atoms with E-state index in [1.54, 1.807) is 0 Å². The van der Waals surface area contributed by atoms with Crippen molar-refractivity contribution in [2.45, 2.75) is 52.4 Å². The van der Waals surface area contributed by atoms with Crippen LogP contribution >= 0.6 is 0 Å². The Balaban J connectivity index is 0.00000220. The van der Waals surface area contributed by atoms with Crippen molar-refractivity contribution in [2.75, 3.05) is 0 Å². The number of hydrogen-bond donors (Lipinski definition) is 0. The van der Waals surface area contributed by atoms with Gasteiger partial charge in [-0.3, -0.25) is 9.97 Å². The summed E-state index contributed by atoms with van der Waals surface area (Å²) in [7, 11) is 0. The van der Waals surface area contributed by atoms with Crippen molar-refractivity contribution in [1.82, 2.24) is 9.97 Å². The van der Waals surface area contributed by atoms with Crippen LogP contribution in [0.1, 0.15) is 52.7 Å². The van der Waals surface area contributed by atoms with Crippen molar-refractivity contribution >= 4 is 0 Å². The van der Waals surface area contributed by atoms with E-state index in [2.05, 4.69) is 75.8 Å². The summed E-state index contributed by atoms with van der Waals surface area (Å²) >= 11 is 0. The fourth-order valence-corrected chi connectivity index (χ4v) is 2.07. The van der Waals surface area contributed by atoms with E-state index >= 15 is 0 Å². The molecule has 0 spiro atoms. The van der Waals surface area contributed by atoms with Gasteiger partial charge in [-0.25, -0.2) is 0 Å². The Morgan fingerprint density at radius 1 is 0.667 bits per heavy atom. The first-order valence-electron chi connectivity index (χ1n) is 7.11. The van der Waals surface area contributed by atoms with Gasteiger partial charge in [0.25, 0.3) is 0 Å². The van der Waals surface area contributed by atoms with Gasteiger partial charge in [0.05, 0.1) is 11.4 Å². The quantitative estimate of drug-likeness (QED) is 0.707. The van der Waals surface area contributed by atoms with E-state index in [9.17, 15) is 0 Å². The first-order chi connectivity index (χ1) is 9.18. The van der Waals surface area contributed by atoms with Gasteiger partial charge >= 0.3 is 16.5 Å². The van der Waals surface area contributed by atoms with E-state index in [4.69, 9.17) is 0 Å². The first-order valence-corrected chi connectivity index (χ1v) is 7.11. The van der Waals surface area contributed by atoms with Gasteiger partial charge in [0, 0.05) is 12.4 Å². The number of nitrogens with zero attached hydrogens (tertiary/aromatic N) is 2. The fraction of sp³-hybridized carbons (Fsp3) is 0.444. The Kier molecular flexibility index (Phi) is 5.33. The number of pyridine rings is 2. The van der Waals surface area contributed by atoms with Crippen molar-refractivity contribution < 1.29 is 16.5 Å². The Labute approximate surface area is 138 Å². The summed E-state index contributed by atoms with van der Waals surface area (Å²) in [5.74, 6) is 0. The van der Waals surface area contributed by atoms with Crippen LogP contribution in [0.4, 0.5) is 0 Å². The van der Waals surface area contributed by atoms with Crippen molar-refractivity contribution in [1.29, 1.82) is 0 Å². The van der Waals surface area contributed by atoms with Crippen molar-refractivity contribution in [3.05, 3.63) is 47.8 Å². The molecule has 0 saturated heterocycles. The largest absolute Gasteiger partial charge is 2.00 e. The molecule has 0 atom stereocenters. The van der Waals surface area contributed by atoms with E-state index in [-0.39, 0.29) is 27.3 Å². The predicted molar refractivity (Wildman–Crippen MR) is 84.9 cm³/mol. The van der Waals surface area contributed by atoms with Gasteiger partial charge < -0.3 is 0 Å². The van der Waals surface area contributed by atoms with Crippen LogP contribution in [0.5, 0.6) is 0 Å². The molecular weight excluding hydrogens is 303 g/mol. The topological polar surface area (TPSA) is 25.8 Å². The molecule has 0 radical (unpaired) electrons. The summed E-state index contributed by atoms with van der Waals surface area (Å²) in [5, 5.41) is 0. The van der Waals surface area contributed by atoms with E-state index in [1.807, 2.05) is 12.4 Å². The summed E-state index contributed by atoms with van der Waals surface area (Å²) in [6.45, 7) is 13.3. The molecule has 2 rings (SSSR count). The van der Waals surface area contributed by atoms with Gasteiger partial charge in [-0.1, -0.05) is 41.5 Å². The van der Waals surface area contributed by atoms with Crippen LogP contribution < -0.4 is 0 Å². The zero-order valence-electron chi connectivity index (χ0n) is 13.7. The number of aromatic nitrogens is 2. The molecule has 0 N–H and O–H groups in total. The third-order valence-electron chi connectivity index (χ3n) is 3.51. The second-order valence-corrected chi connectivity index (χ2v) is 7.36. The molecular formula is C18H24N2Ni+2. The second kappa shape index (κ2) is 6.27. The van der Waals surface area contributed by atoms with Gasteiger partial charge in [-0.2, -0.15) is 0 Å². The summed E-state index contributed by atoms with van der Waals surface area (Å²) in [4.78, 5) is 8.97. The van der Waals surface area contributed by atoms with Crippen LogP contribution in [0.2, 0.25) is 0 Å². The average molecular weight is 327 g/mol. The summed E-state index contributed by atoms with van der Waals surface area (Å²) in [6, 6.07) is 8.46. The van der Waals surface area contributed by atoms with E-state index < -0.39 is 0 Å². The standard InChI is InChI=1S/C18H24N2.Ni/c1-17(2,3)13-7-9-19-15(11-13)16-12-14(8-10-20-16)18(4,5)6;/h7-12H,1-6H3;/q;+2. The summed E-state index contributed by atoms with van der Waals surface area (Å²) in [6.07, 6.45) is 3.75. The molecule has 2 aromatic rings. The normalized spacial score (nSPS) is 11.9. The minimum atomic E-state index is 0. The maximum atomic E-state index is 4.48. The van der Waals surface area contributed by atoms with Crippen LogP contribution in [0, 0.1) is 0 Å². The van der Waals surface area contributed by atoms with Gasteiger partial charge in [0.1, 0.15) is 0 Å². The molecule has 0 amide bonds. The van der Waals surface area contributed by atoms with Crippen LogP contribution in [-0.2, 0) is 27.3 Å². The van der Waals surface area contributed by atoms with Crippen molar-refractivity contribution in [2.24, 2.45) is 0 Å². The second-order valence-electron chi connectivity index (χ2n) is 7.36. The molecule has 0 fully saturated rings. The molecule has 21 heavy (non-hydrogen) atoms. The van der Waals surface area contributed by atoms with Gasteiger partial charge in [-0.15, -0.1) is 0 Å². The van der Waals surface area contributed by atoms with Gasteiger partial charge in [0.2, 0.25) is 0 Å². The molecule has 2 aromatic heterocycles. The zero-order valence-corrected chi connectivity index (χ0v) is 14.7. The molecule has 0 bridgehead atoms. The molecule has 0 saturated carbocycles. The van der Waals surface area contributed by atoms with Crippen LogP contribution in [0.15, 0.2) is 36.7 Å². The molecule has 3 heteroatoms. The fourth-order valence-electron chi connectivity index (χ4n) is 2.07. The Morgan fingerprint density at radius 3 is 1.29 bits per heavy atom. The SMILES string of the molecule is CC(C)(C)c1ccnc(-c2cc(C(C)(C)C)ccn2)c1.[Ni+2]. The number of hydrogen-bond acceptors (Lipinski definition) is 2. The molecule has 0 unspecified atom stereocenters. The monoisotopic (exact) mass is 326 g/mol. The Bertz CT molecular complexity index is 552. The molecule has 2 heterocycles. The third kappa shape index (κ3) is 4.38. The van der Waals surface area contributed by atoms with E-state index in [0.29, 0.717) is 0 Å². The smallest absolute Gasteiger partial charge is 0.255 e. The Morgan fingerprint density at radius 2 is 1.00 bits per heavy atom. The zero-order chi connectivity index (χ0) is 15.0. The maximum absolute atomic E-state index is 4.48. The van der Waals surface area contributed by atoms with Crippen LogP contribution in [0.3, 0.4) is 0 Å². The minimum absolute atomic E-state index is 0. The van der Waals surface area contributed by atoms with Crippen LogP contribution in [0.25, 0.3) is 11.4 Å². The van der Waals surface area contributed by atoms with Crippen molar-refractivity contribution in [3.63, 3.8) is 0 Å². The van der Waals surface area contributed by atoms with Crippen molar-refractivity contribution in [3.8, 4) is 11.4 Å². The Hall–Kier alpha value is -1.21. The molecule has 0 aliphatic heterocycles. The number of rotatable bonds is 1.